The van der Waals surface area contributed by atoms with E-state index in [-0.39, 0.29) is 5.41 Å². The van der Waals surface area contributed by atoms with Gasteiger partial charge in [-0.05, 0) is 25.3 Å². The second kappa shape index (κ2) is 5.91. The number of carbonyl (C=O) groups excluding carboxylic acids is 1. The summed E-state index contributed by atoms with van der Waals surface area (Å²) in [5.74, 6) is 0.684. The lowest BCUT2D eigenvalue weighted by atomic mass is 9.73. The van der Waals surface area contributed by atoms with Crippen LogP contribution in [0.2, 0.25) is 0 Å². The maximum absolute atomic E-state index is 13.2. The van der Waals surface area contributed by atoms with Crippen LogP contribution >= 0.6 is 0 Å². The van der Waals surface area contributed by atoms with Crippen molar-refractivity contribution in [3.63, 3.8) is 0 Å². The topological polar surface area (TPSA) is 32.8 Å². The zero-order valence-corrected chi connectivity index (χ0v) is 13.9. The van der Waals surface area contributed by atoms with Gasteiger partial charge in [0.15, 0.2) is 0 Å². The van der Waals surface area contributed by atoms with Crippen LogP contribution in [0, 0.1) is 5.41 Å². The molecule has 3 saturated heterocycles. The second-order valence-corrected chi connectivity index (χ2v) is 7.20. The Kier molecular flexibility index (Phi) is 3.90. The van der Waals surface area contributed by atoms with Crippen molar-refractivity contribution < 1.29 is 9.53 Å². The van der Waals surface area contributed by atoms with Gasteiger partial charge in [0, 0.05) is 44.7 Å². The van der Waals surface area contributed by atoms with Gasteiger partial charge in [0.05, 0.1) is 12.0 Å². The quantitative estimate of drug-likeness (QED) is 0.857. The van der Waals surface area contributed by atoms with Crippen molar-refractivity contribution in [3.8, 4) is 0 Å². The fraction of sp³-hybridized carbons (Fsp3) is 0.632. The van der Waals surface area contributed by atoms with Crippen LogP contribution in [0.3, 0.4) is 0 Å². The predicted octanol–water partition coefficient (Wildman–Crippen LogP) is 2.11. The molecule has 0 radical (unpaired) electrons. The largest absolute Gasteiger partial charge is 0.380 e. The van der Waals surface area contributed by atoms with Crippen LogP contribution in [0.1, 0.15) is 31.2 Å². The Morgan fingerprint density at radius 1 is 1.30 bits per heavy atom. The summed E-state index contributed by atoms with van der Waals surface area (Å²) >= 11 is 0. The number of benzene rings is 1. The fourth-order valence-electron chi connectivity index (χ4n) is 4.77. The lowest BCUT2D eigenvalue weighted by molar-refractivity contribution is -0.136. The molecule has 4 nitrogen and oxygen atoms in total. The summed E-state index contributed by atoms with van der Waals surface area (Å²) in [6, 6.07) is 11.1. The molecular weight excluding hydrogens is 288 g/mol. The normalized spacial score (nSPS) is 34.8. The molecule has 3 heterocycles. The molecule has 0 N–H and O–H groups in total. The van der Waals surface area contributed by atoms with E-state index in [4.69, 9.17) is 4.74 Å². The third-order valence-corrected chi connectivity index (χ3v) is 6.12. The lowest BCUT2D eigenvalue weighted by Crippen LogP contribution is -2.41. The highest BCUT2D eigenvalue weighted by molar-refractivity contribution is 5.87. The molecule has 3 fully saturated rings. The average molecular weight is 314 g/mol. The van der Waals surface area contributed by atoms with E-state index >= 15 is 0 Å². The van der Waals surface area contributed by atoms with E-state index in [2.05, 4.69) is 42.2 Å². The van der Waals surface area contributed by atoms with Crippen LogP contribution in [0.4, 0.5) is 0 Å². The van der Waals surface area contributed by atoms with Crippen molar-refractivity contribution in [3.05, 3.63) is 35.9 Å². The van der Waals surface area contributed by atoms with Gasteiger partial charge < -0.3 is 9.64 Å². The molecule has 1 amide bonds. The van der Waals surface area contributed by atoms with Gasteiger partial charge in [0.25, 0.3) is 0 Å². The minimum atomic E-state index is -0.222. The molecule has 4 rings (SSSR count). The Balaban J connectivity index is 1.67. The zero-order chi connectivity index (χ0) is 15.9. The summed E-state index contributed by atoms with van der Waals surface area (Å²) in [7, 11) is 0. The standard InChI is InChI=1S/C19H26N2O2/c1-2-20-10-9-19(18(20)22)14-21(16-8-11-23-13-16)12-17(19)15-6-4-3-5-7-15/h3-7,16-17H,2,8-14H2,1H3/t16-,17+,19-/m1/s1. The Labute approximate surface area is 138 Å². The van der Waals surface area contributed by atoms with Gasteiger partial charge >= 0.3 is 0 Å². The number of likely N-dealkylation sites (tertiary alicyclic amines) is 2. The van der Waals surface area contributed by atoms with Gasteiger partial charge in [0.2, 0.25) is 5.91 Å². The first-order chi connectivity index (χ1) is 11.2. The first-order valence-electron chi connectivity index (χ1n) is 8.91. The van der Waals surface area contributed by atoms with Crippen LogP contribution in [0.15, 0.2) is 30.3 Å². The summed E-state index contributed by atoms with van der Waals surface area (Å²) < 4.78 is 5.59. The molecule has 0 bridgehead atoms. The van der Waals surface area contributed by atoms with Crippen LogP contribution in [0.5, 0.6) is 0 Å². The zero-order valence-electron chi connectivity index (χ0n) is 13.9. The highest BCUT2D eigenvalue weighted by Crippen LogP contribution is 2.50. The van der Waals surface area contributed by atoms with Crippen molar-refractivity contribution in [1.82, 2.24) is 9.80 Å². The van der Waals surface area contributed by atoms with E-state index < -0.39 is 0 Å². The van der Waals surface area contributed by atoms with E-state index in [0.29, 0.717) is 17.9 Å². The number of rotatable bonds is 3. The van der Waals surface area contributed by atoms with Gasteiger partial charge in [-0.1, -0.05) is 30.3 Å². The molecule has 23 heavy (non-hydrogen) atoms. The minimum absolute atomic E-state index is 0.222. The number of hydrogen-bond acceptors (Lipinski definition) is 3. The monoisotopic (exact) mass is 314 g/mol. The molecule has 0 aliphatic carbocycles. The maximum atomic E-state index is 13.2. The number of nitrogens with zero attached hydrogens (tertiary/aromatic N) is 2. The van der Waals surface area contributed by atoms with Gasteiger partial charge in [-0.15, -0.1) is 0 Å². The lowest BCUT2D eigenvalue weighted by Gasteiger charge is -2.29. The maximum Gasteiger partial charge on any atom is 0.230 e. The molecule has 1 aromatic carbocycles. The summed E-state index contributed by atoms with van der Waals surface area (Å²) in [4.78, 5) is 17.7. The van der Waals surface area contributed by atoms with E-state index in [1.807, 2.05) is 4.90 Å². The third kappa shape index (κ3) is 2.39. The van der Waals surface area contributed by atoms with Crippen LogP contribution in [0.25, 0.3) is 0 Å². The van der Waals surface area contributed by atoms with E-state index in [9.17, 15) is 4.79 Å². The molecule has 3 aliphatic rings. The van der Waals surface area contributed by atoms with E-state index in [0.717, 1.165) is 52.2 Å². The van der Waals surface area contributed by atoms with Crippen molar-refractivity contribution in [2.75, 3.05) is 39.4 Å². The van der Waals surface area contributed by atoms with Crippen molar-refractivity contribution in [2.24, 2.45) is 5.41 Å². The highest BCUT2D eigenvalue weighted by Gasteiger charge is 2.57. The minimum Gasteiger partial charge on any atom is -0.380 e. The summed E-state index contributed by atoms with van der Waals surface area (Å²) in [6.07, 6.45) is 2.09. The van der Waals surface area contributed by atoms with Gasteiger partial charge in [-0.2, -0.15) is 0 Å². The molecule has 1 spiro atoms. The molecule has 124 valence electrons. The first kappa shape index (κ1) is 15.2. The number of amides is 1. The van der Waals surface area contributed by atoms with E-state index in [1.54, 1.807) is 0 Å². The summed E-state index contributed by atoms with van der Waals surface area (Å²) in [6.45, 7) is 7.40. The second-order valence-electron chi connectivity index (χ2n) is 7.20. The predicted molar refractivity (Wildman–Crippen MR) is 89.3 cm³/mol. The Bertz CT molecular complexity index is 570. The van der Waals surface area contributed by atoms with Gasteiger partial charge in [-0.3, -0.25) is 9.69 Å². The third-order valence-electron chi connectivity index (χ3n) is 6.12. The molecule has 0 aromatic heterocycles. The Morgan fingerprint density at radius 3 is 2.78 bits per heavy atom. The SMILES string of the molecule is CCN1CC[C@]2(CN([C@@H]3CCOC3)C[C@H]2c2ccccc2)C1=O. The van der Waals surface area contributed by atoms with Crippen LogP contribution in [-0.2, 0) is 9.53 Å². The van der Waals surface area contributed by atoms with Gasteiger partial charge in [0.1, 0.15) is 0 Å². The van der Waals surface area contributed by atoms with E-state index in [1.165, 1.54) is 5.56 Å². The average Bonchev–Trinajstić information content (AvgIpc) is 3.30. The Hall–Kier alpha value is -1.39. The van der Waals surface area contributed by atoms with Crippen LogP contribution < -0.4 is 0 Å². The molecule has 0 saturated carbocycles. The summed E-state index contributed by atoms with van der Waals surface area (Å²) in [5.41, 5.74) is 1.10. The molecule has 0 unspecified atom stereocenters. The van der Waals surface area contributed by atoms with Crippen molar-refractivity contribution in [2.45, 2.75) is 31.7 Å². The number of carbonyl (C=O) groups is 1. The molecule has 3 aliphatic heterocycles. The molecule has 3 atom stereocenters. The number of hydrogen-bond donors (Lipinski definition) is 0. The molecule has 4 heteroatoms. The first-order valence-corrected chi connectivity index (χ1v) is 8.91. The molecular formula is C19H26N2O2. The fourth-order valence-corrected chi connectivity index (χ4v) is 4.77. The smallest absolute Gasteiger partial charge is 0.230 e. The van der Waals surface area contributed by atoms with Crippen molar-refractivity contribution in [1.29, 1.82) is 0 Å². The van der Waals surface area contributed by atoms with Gasteiger partial charge in [-0.25, -0.2) is 0 Å². The van der Waals surface area contributed by atoms with Crippen molar-refractivity contribution >= 4 is 5.91 Å². The highest BCUT2D eigenvalue weighted by atomic mass is 16.5. The Morgan fingerprint density at radius 2 is 2.13 bits per heavy atom. The number of ether oxygens (including phenoxy) is 1. The molecule has 1 aromatic rings. The summed E-state index contributed by atoms with van der Waals surface area (Å²) in [5, 5.41) is 0. The van der Waals surface area contributed by atoms with Crippen LogP contribution in [-0.4, -0.2) is 61.1 Å².